The molecule has 0 atom stereocenters. The molecule has 0 saturated heterocycles. The van der Waals surface area contributed by atoms with E-state index in [0.29, 0.717) is 0 Å². The molecule has 2 aromatic rings. The second kappa shape index (κ2) is 7.06. The van der Waals surface area contributed by atoms with E-state index in [4.69, 9.17) is 23.2 Å². The average molecular weight is 333 g/mol. The molecular weight excluding hydrogens is 311 g/mol. The molecule has 2 heteroatoms. The number of hydrogen-bond donors (Lipinski definition) is 0. The van der Waals surface area contributed by atoms with Crippen molar-refractivity contribution in [2.75, 3.05) is 0 Å². The maximum atomic E-state index is 6.05. The summed E-state index contributed by atoms with van der Waals surface area (Å²) < 4.78 is 0. The van der Waals surface area contributed by atoms with Crippen LogP contribution in [0.4, 0.5) is 0 Å². The Kier molecular flexibility index (Phi) is 5.10. The standard InChI is InChI=1S/C20H22Cl2/c1-14-6-7-16(20(10-14)17-8-9-17)5-3-2-4-15-11-18(21)13-19(22)12-15/h6-7,10-13,17H,2-5,8-9H2,1H3. The normalized spacial score (nSPS) is 14.3. The van der Waals surface area contributed by atoms with Gasteiger partial charge in [-0.15, -0.1) is 0 Å². The Morgan fingerprint density at radius 1 is 0.909 bits per heavy atom. The first-order valence-corrected chi connectivity index (χ1v) is 8.92. The van der Waals surface area contributed by atoms with Gasteiger partial charge in [-0.05, 0) is 86.3 Å². The van der Waals surface area contributed by atoms with Crippen LogP contribution in [0.1, 0.15) is 53.9 Å². The van der Waals surface area contributed by atoms with Gasteiger partial charge in [0.1, 0.15) is 0 Å². The van der Waals surface area contributed by atoms with Gasteiger partial charge in [0.25, 0.3) is 0 Å². The van der Waals surface area contributed by atoms with Crippen molar-refractivity contribution < 1.29 is 0 Å². The van der Waals surface area contributed by atoms with E-state index in [0.717, 1.165) is 22.4 Å². The van der Waals surface area contributed by atoms with Crippen molar-refractivity contribution in [3.8, 4) is 0 Å². The van der Waals surface area contributed by atoms with Gasteiger partial charge in [0.2, 0.25) is 0 Å². The van der Waals surface area contributed by atoms with Gasteiger partial charge in [-0.3, -0.25) is 0 Å². The number of unbranched alkanes of at least 4 members (excludes halogenated alkanes) is 1. The van der Waals surface area contributed by atoms with Crippen molar-refractivity contribution in [3.05, 3.63) is 68.7 Å². The van der Waals surface area contributed by atoms with Crippen molar-refractivity contribution in [3.63, 3.8) is 0 Å². The van der Waals surface area contributed by atoms with Crippen LogP contribution < -0.4 is 0 Å². The van der Waals surface area contributed by atoms with E-state index < -0.39 is 0 Å². The summed E-state index contributed by atoms with van der Waals surface area (Å²) in [5.41, 5.74) is 5.78. The Morgan fingerprint density at radius 2 is 1.59 bits per heavy atom. The van der Waals surface area contributed by atoms with Crippen molar-refractivity contribution in [2.45, 2.75) is 51.4 Å². The molecule has 1 saturated carbocycles. The monoisotopic (exact) mass is 332 g/mol. The highest BCUT2D eigenvalue weighted by Crippen LogP contribution is 2.42. The van der Waals surface area contributed by atoms with Crippen molar-refractivity contribution in [2.24, 2.45) is 0 Å². The van der Waals surface area contributed by atoms with Gasteiger partial charge < -0.3 is 0 Å². The van der Waals surface area contributed by atoms with Gasteiger partial charge in [-0.1, -0.05) is 47.0 Å². The molecule has 0 N–H and O–H groups in total. The summed E-state index contributed by atoms with van der Waals surface area (Å²) in [6.45, 7) is 2.19. The molecule has 116 valence electrons. The van der Waals surface area contributed by atoms with E-state index >= 15 is 0 Å². The molecule has 0 heterocycles. The van der Waals surface area contributed by atoms with Crippen LogP contribution in [0.3, 0.4) is 0 Å². The van der Waals surface area contributed by atoms with Crippen LogP contribution in [0.25, 0.3) is 0 Å². The molecule has 1 fully saturated rings. The Bertz CT molecular complexity index is 637. The van der Waals surface area contributed by atoms with Crippen LogP contribution >= 0.6 is 23.2 Å². The molecule has 3 rings (SSSR count). The van der Waals surface area contributed by atoms with Gasteiger partial charge >= 0.3 is 0 Å². The van der Waals surface area contributed by atoms with Gasteiger partial charge in [0.15, 0.2) is 0 Å². The molecule has 0 spiro atoms. The van der Waals surface area contributed by atoms with Gasteiger partial charge in [-0.25, -0.2) is 0 Å². The van der Waals surface area contributed by atoms with Gasteiger partial charge in [0, 0.05) is 10.0 Å². The van der Waals surface area contributed by atoms with Gasteiger partial charge in [-0.2, -0.15) is 0 Å². The first kappa shape index (κ1) is 15.9. The lowest BCUT2D eigenvalue weighted by Crippen LogP contribution is -1.95. The zero-order chi connectivity index (χ0) is 15.5. The van der Waals surface area contributed by atoms with Gasteiger partial charge in [0.05, 0.1) is 0 Å². The van der Waals surface area contributed by atoms with Crippen LogP contribution in [-0.4, -0.2) is 0 Å². The first-order valence-electron chi connectivity index (χ1n) is 8.16. The highest BCUT2D eigenvalue weighted by atomic mass is 35.5. The molecule has 1 aliphatic rings. The summed E-state index contributed by atoms with van der Waals surface area (Å²) >= 11 is 12.1. The molecule has 0 aliphatic heterocycles. The fourth-order valence-electron chi connectivity index (χ4n) is 3.12. The minimum atomic E-state index is 0.733. The third-order valence-corrected chi connectivity index (χ3v) is 4.84. The molecule has 0 radical (unpaired) electrons. The predicted molar refractivity (Wildman–Crippen MR) is 96.3 cm³/mol. The lowest BCUT2D eigenvalue weighted by Gasteiger charge is -2.10. The lowest BCUT2D eigenvalue weighted by molar-refractivity contribution is 0.729. The van der Waals surface area contributed by atoms with Crippen molar-refractivity contribution in [1.29, 1.82) is 0 Å². The first-order chi connectivity index (χ1) is 10.6. The molecule has 2 aromatic carbocycles. The van der Waals surface area contributed by atoms with Crippen LogP contribution in [0.2, 0.25) is 10.0 Å². The minimum absolute atomic E-state index is 0.733. The summed E-state index contributed by atoms with van der Waals surface area (Å²) in [4.78, 5) is 0. The summed E-state index contributed by atoms with van der Waals surface area (Å²) in [5.74, 6) is 0.835. The Balaban J connectivity index is 1.55. The molecule has 0 unspecified atom stereocenters. The lowest BCUT2D eigenvalue weighted by atomic mass is 9.96. The number of aryl methyl sites for hydroxylation is 3. The van der Waals surface area contributed by atoms with E-state index in [1.807, 2.05) is 12.1 Å². The SMILES string of the molecule is Cc1ccc(CCCCc2cc(Cl)cc(Cl)c2)c(C2CC2)c1. The molecule has 22 heavy (non-hydrogen) atoms. The fourth-order valence-corrected chi connectivity index (χ4v) is 3.69. The molecule has 0 aromatic heterocycles. The average Bonchev–Trinajstić information content (AvgIpc) is 3.28. The molecular formula is C20H22Cl2. The number of rotatable bonds is 6. The molecule has 0 amide bonds. The van der Waals surface area contributed by atoms with E-state index in [2.05, 4.69) is 25.1 Å². The van der Waals surface area contributed by atoms with E-state index in [1.165, 1.54) is 43.2 Å². The Labute approximate surface area is 143 Å². The Morgan fingerprint density at radius 3 is 2.27 bits per heavy atom. The Hall–Kier alpha value is -0.980. The highest BCUT2D eigenvalue weighted by Gasteiger charge is 2.25. The van der Waals surface area contributed by atoms with Crippen molar-refractivity contribution >= 4 is 23.2 Å². The zero-order valence-electron chi connectivity index (χ0n) is 13.0. The summed E-state index contributed by atoms with van der Waals surface area (Å²) in [7, 11) is 0. The summed E-state index contributed by atoms with van der Waals surface area (Å²) in [6, 6.07) is 12.8. The van der Waals surface area contributed by atoms with Crippen LogP contribution in [-0.2, 0) is 12.8 Å². The molecule has 0 nitrogen and oxygen atoms in total. The second-order valence-electron chi connectivity index (χ2n) is 6.46. The van der Waals surface area contributed by atoms with E-state index in [9.17, 15) is 0 Å². The molecule has 0 bridgehead atoms. The van der Waals surface area contributed by atoms with Crippen LogP contribution in [0.15, 0.2) is 36.4 Å². The third-order valence-electron chi connectivity index (χ3n) is 4.40. The number of hydrogen-bond acceptors (Lipinski definition) is 0. The fraction of sp³-hybridized carbons (Fsp3) is 0.400. The smallest absolute Gasteiger partial charge is 0.0423 e. The van der Waals surface area contributed by atoms with Crippen LogP contribution in [0, 0.1) is 6.92 Å². The number of halogens is 2. The minimum Gasteiger partial charge on any atom is -0.0843 e. The maximum absolute atomic E-state index is 6.05. The second-order valence-corrected chi connectivity index (χ2v) is 7.33. The summed E-state index contributed by atoms with van der Waals surface area (Å²) in [6.07, 6.45) is 7.36. The molecule has 1 aliphatic carbocycles. The van der Waals surface area contributed by atoms with Crippen LogP contribution in [0.5, 0.6) is 0 Å². The number of benzene rings is 2. The topological polar surface area (TPSA) is 0 Å². The van der Waals surface area contributed by atoms with E-state index in [-0.39, 0.29) is 0 Å². The third kappa shape index (κ3) is 4.27. The largest absolute Gasteiger partial charge is 0.0843 e. The summed E-state index contributed by atoms with van der Waals surface area (Å²) in [5, 5.41) is 1.47. The van der Waals surface area contributed by atoms with Crippen molar-refractivity contribution in [1.82, 2.24) is 0 Å². The quantitative estimate of drug-likeness (QED) is 0.513. The predicted octanol–water partition coefficient (Wildman–Crippen LogP) is 6.74. The maximum Gasteiger partial charge on any atom is 0.0423 e. The van der Waals surface area contributed by atoms with E-state index in [1.54, 1.807) is 17.2 Å². The zero-order valence-corrected chi connectivity index (χ0v) is 14.6. The highest BCUT2D eigenvalue weighted by molar-refractivity contribution is 6.34.